The molecule has 0 saturated carbocycles. The summed E-state index contributed by atoms with van der Waals surface area (Å²) in [5, 5.41) is 5.36. The minimum atomic E-state index is 0.591. The Kier molecular flexibility index (Phi) is 7.17. The van der Waals surface area contributed by atoms with E-state index in [0.29, 0.717) is 23.3 Å². The first-order valence-corrected chi connectivity index (χ1v) is 20.3. The zero-order valence-electron chi connectivity index (χ0n) is 30.0. The van der Waals surface area contributed by atoms with Crippen LogP contribution in [0, 0.1) is 0 Å². The summed E-state index contributed by atoms with van der Waals surface area (Å²) in [5.74, 6) is 2.48. The molecule has 7 aromatic carbocycles. The van der Waals surface area contributed by atoms with Crippen LogP contribution >= 0.6 is 22.7 Å². The molecule has 0 bridgehead atoms. The monoisotopic (exact) mass is 765 g/mol. The van der Waals surface area contributed by atoms with Gasteiger partial charge in [0.15, 0.2) is 23.3 Å². The summed E-state index contributed by atoms with van der Waals surface area (Å²) < 4.78 is 10.7. The van der Waals surface area contributed by atoms with Crippen LogP contribution < -0.4 is 0 Å². The van der Waals surface area contributed by atoms with E-state index in [1.165, 1.54) is 4.70 Å². The Bertz CT molecular complexity index is 3540. The molecule has 0 N–H and O–H groups in total. The van der Waals surface area contributed by atoms with Crippen molar-refractivity contribution < 1.29 is 4.42 Å². The molecule has 0 aliphatic heterocycles. The van der Waals surface area contributed by atoms with E-state index in [4.69, 9.17) is 29.3 Å². The largest absolute Gasteiger partial charge is 0.456 e. The first-order chi connectivity index (χ1) is 28.2. The second-order valence-corrected chi connectivity index (χ2v) is 16.1. The van der Waals surface area contributed by atoms with Crippen molar-refractivity contribution >= 4 is 85.1 Å². The molecule has 8 heteroatoms. The van der Waals surface area contributed by atoms with Crippen molar-refractivity contribution in [1.82, 2.24) is 24.9 Å². The maximum absolute atomic E-state index is 6.17. The van der Waals surface area contributed by atoms with E-state index in [2.05, 4.69) is 97.1 Å². The lowest BCUT2D eigenvalue weighted by Crippen LogP contribution is -2.00. The molecule has 57 heavy (non-hydrogen) atoms. The lowest BCUT2D eigenvalue weighted by Gasteiger charge is -2.11. The van der Waals surface area contributed by atoms with Crippen molar-refractivity contribution in [3.05, 3.63) is 164 Å². The number of nitrogens with zero attached hydrogens (tertiary/aromatic N) is 5. The summed E-state index contributed by atoms with van der Waals surface area (Å²) in [6, 6.07) is 56.2. The van der Waals surface area contributed by atoms with Gasteiger partial charge < -0.3 is 4.42 Å². The highest BCUT2D eigenvalue weighted by molar-refractivity contribution is 7.26. The summed E-state index contributed by atoms with van der Waals surface area (Å²) in [5.41, 5.74) is 8.33. The van der Waals surface area contributed by atoms with Crippen molar-refractivity contribution in [2.45, 2.75) is 0 Å². The Balaban J connectivity index is 1.12. The first-order valence-electron chi connectivity index (χ1n) is 18.7. The standard InChI is InChI=1S/C49H27N5OS2/c1-3-13-28(14-4-1)43-45-44(32-18-8-10-22-38(32)57-45)51-48(50-43)33-19-11-23-39-41(33)42-34(20-12-24-40(42)56-39)49-53-46(29-15-5-2-6-16-29)52-47(54-49)30-25-26-37-35(27-30)31-17-7-9-21-36(31)55-37/h1-27H. The summed E-state index contributed by atoms with van der Waals surface area (Å²) in [4.78, 5) is 26.3. The fourth-order valence-corrected chi connectivity index (χ4v) is 10.3. The highest BCUT2D eigenvalue weighted by atomic mass is 32.1. The molecule has 266 valence electrons. The second kappa shape index (κ2) is 12.7. The zero-order chi connectivity index (χ0) is 37.5. The molecule has 0 unspecified atom stereocenters. The number of aromatic nitrogens is 5. The van der Waals surface area contributed by atoms with Gasteiger partial charge in [0.2, 0.25) is 0 Å². The van der Waals surface area contributed by atoms with E-state index >= 15 is 0 Å². The third-order valence-corrected chi connectivity index (χ3v) is 12.9. The average Bonchev–Trinajstić information content (AvgIpc) is 3.97. The number of benzene rings is 7. The van der Waals surface area contributed by atoms with Gasteiger partial charge in [0.05, 0.1) is 15.9 Å². The minimum Gasteiger partial charge on any atom is -0.456 e. The van der Waals surface area contributed by atoms with Crippen LogP contribution in [0.25, 0.3) is 119 Å². The maximum Gasteiger partial charge on any atom is 0.164 e. The van der Waals surface area contributed by atoms with Gasteiger partial charge in [-0.25, -0.2) is 24.9 Å². The van der Waals surface area contributed by atoms with Crippen LogP contribution in [-0.2, 0) is 0 Å². The Morgan fingerprint density at radius 3 is 1.70 bits per heavy atom. The number of para-hydroxylation sites is 1. The van der Waals surface area contributed by atoms with Gasteiger partial charge >= 0.3 is 0 Å². The second-order valence-electron chi connectivity index (χ2n) is 14.0. The number of fused-ring (bicyclic) bond motifs is 9. The van der Waals surface area contributed by atoms with Gasteiger partial charge in [0.25, 0.3) is 0 Å². The van der Waals surface area contributed by atoms with Gasteiger partial charge in [-0.05, 0) is 42.5 Å². The molecule has 0 radical (unpaired) electrons. The zero-order valence-corrected chi connectivity index (χ0v) is 31.7. The first kappa shape index (κ1) is 32.1. The third-order valence-electron chi connectivity index (χ3n) is 10.6. The van der Waals surface area contributed by atoms with Gasteiger partial charge in [0, 0.05) is 68.8 Å². The highest BCUT2D eigenvalue weighted by Gasteiger charge is 2.22. The number of rotatable bonds is 5. The number of thiophene rings is 2. The van der Waals surface area contributed by atoms with Crippen LogP contribution in [0.5, 0.6) is 0 Å². The SMILES string of the molecule is c1ccc(-c2nc(-c3ccc4oc5ccccc5c4c3)nc(-c3cccc4sc5cccc(-c6nc(-c7ccccc7)c7sc8ccccc8c7n6)c5c34)n2)cc1. The molecule has 6 nitrogen and oxygen atoms in total. The molecule has 0 aliphatic carbocycles. The fraction of sp³-hybridized carbons (Fsp3) is 0. The topological polar surface area (TPSA) is 77.6 Å². The number of hydrogen-bond donors (Lipinski definition) is 0. The Morgan fingerprint density at radius 1 is 0.368 bits per heavy atom. The van der Waals surface area contributed by atoms with Crippen LogP contribution in [0.4, 0.5) is 0 Å². The summed E-state index contributed by atoms with van der Waals surface area (Å²) in [7, 11) is 0. The van der Waals surface area contributed by atoms with Crippen LogP contribution in [0.2, 0.25) is 0 Å². The van der Waals surface area contributed by atoms with E-state index in [9.17, 15) is 0 Å². The predicted molar refractivity (Wildman–Crippen MR) is 236 cm³/mol. The van der Waals surface area contributed by atoms with Gasteiger partial charge in [-0.1, -0.05) is 121 Å². The minimum absolute atomic E-state index is 0.591. The van der Waals surface area contributed by atoms with Crippen molar-refractivity contribution in [3.8, 4) is 56.8 Å². The van der Waals surface area contributed by atoms with E-state index in [1.807, 2.05) is 66.7 Å². The van der Waals surface area contributed by atoms with E-state index in [-0.39, 0.29) is 0 Å². The summed E-state index contributed by atoms with van der Waals surface area (Å²) in [6.45, 7) is 0. The number of hydrogen-bond acceptors (Lipinski definition) is 8. The Labute approximate surface area is 333 Å². The Hall–Kier alpha value is -7.13. The predicted octanol–water partition coefficient (Wildman–Crippen LogP) is 13.6. The highest BCUT2D eigenvalue weighted by Crippen LogP contribution is 2.45. The third kappa shape index (κ3) is 5.19. The van der Waals surface area contributed by atoms with Crippen LogP contribution in [-0.4, -0.2) is 24.9 Å². The van der Waals surface area contributed by atoms with Gasteiger partial charge in [0.1, 0.15) is 11.2 Å². The van der Waals surface area contributed by atoms with Crippen LogP contribution in [0.1, 0.15) is 0 Å². The number of furan rings is 1. The van der Waals surface area contributed by atoms with Crippen molar-refractivity contribution in [1.29, 1.82) is 0 Å². The van der Waals surface area contributed by atoms with E-state index in [0.717, 1.165) is 91.2 Å². The van der Waals surface area contributed by atoms with Gasteiger partial charge in [-0.3, -0.25) is 0 Å². The van der Waals surface area contributed by atoms with E-state index < -0.39 is 0 Å². The molecule has 0 saturated heterocycles. The summed E-state index contributed by atoms with van der Waals surface area (Å²) in [6.07, 6.45) is 0. The van der Waals surface area contributed by atoms with Crippen LogP contribution in [0.3, 0.4) is 0 Å². The van der Waals surface area contributed by atoms with Crippen molar-refractivity contribution in [3.63, 3.8) is 0 Å². The molecular formula is C49H27N5OS2. The van der Waals surface area contributed by atoms with E-state index in [1.54, 1.807) is 22.7 Å². The fourth-order valence-electron chi connectivity index (χ4n) is 7.95. The lowest BCUT2D eigenvalue weighted by atomic mass is 10.0. The average molecular weight is 766 g/mol. The maximum atomic E-state index is 6.17. The molecule has 0 atom stereocenters. The molecule has 0 amide bonds. The molecule has 0 spiro atoms. The van der Waals surface area contributed by atoms with Gasteiger partial charge in [-0.15, -0.1) is 22.7 Å². The van der Waals surface area contributed by atoms with Crippen LogP contribution in [0.15, 0.2) is 168 Å². The molecule has 0 fully saturated rings. The summed E-state index contributed by atoms with van der Waals surface area (Å²) >= 11 is 3.50. The molecule has 5 heterocycles. The van der Waals surface area contributed by atoms with Gasteiger partial charge in [-0.2, -0.15) is 0 Å². The molecule has 5 aromatic heterocycles. The lowest BCUT2D eigenvalue weighted by molar-refractivity contribution is 0.669. The Morgan fingerprint density at radius 2 is 0.947 bits per heavy atom. The van der Waals surface area contributed by atoms with Crippen molar-refractivity contribution in [2.75, 3.05) is 0 Å². The smallest absolute Gasteiger partial charge is 0.164 e. The molecule has 12 rings (SSSR count). The van der Waals surface area contributed by atoms with Crippen molar-refractivity contribution in [2.24, 2.45) is 0 Å². The molecule has 12 aromatic rings. The molecular weight excluding hydrogens is 739 g/mol. The quantitative estimate of drug-likeness (QED) is 0.174. The normalized spacial score (nSPS) is 11.9. The molecule has 0 aliphatic rings.